The van der Waals surface area contributed by atoms with Crippen LogP contribution in [-0.2, 0) is 6.54 Å². The van der Waals surface area contributed by atoms with Crippen LogP contribution in [0.2, 0.25) is 0 Å². The van der Waals surface area contributed by atoms with Gasteiger partial charge >= 0.3 is 0 Å². The molecule has 0 aliphatic rings. The van der Waals surface area contributed by atoms with Crippen LogP contribution < -0.4 is 20.5 Å². The Morgan fingerprint density at radius 2 is 2.00 bits per heavy atom. The maximum atomic E-state index is 5.85. The van der Waals surface area contributed by atoms with Crippen LogP contribution in [0.5, 0.6) is 11.5 Å². The Morgan fingerprint density at radius 1 is 1.19 bits per heavy atom. The minimum absolute atomic E-state index is 0.313. The second-order valence-electron chi connectivity index (χ2n) is 4.22. The lowest BCUT2D eigenvalue weighted by molar-refractivity contribution is 0.355. The molecule has 0 bridgehead atoms. The molecule has 6 nitrogen and oxygen atoms in total. The van der Waals surface area contributed by atoms with Crippen molar-refractivity contribution in [3.63, 3.8) is 0 Å². The van der Waals surface area contributed by atoms with Gasteiger partial charge in [0.25, 0.3) is 0 Å². The molecule has 21 heavy (non-hydrogen) atoms. The smallest absolute Gasteiger partial charge is 0.193 e. The highest BCUT2D eigenvalue weighted by molar-refractivity contribution is 5.92. The fourth-order valence-electron chi connectivity index (χ4n) is 1.76. The molecule has 2 aromatic rings. The van der Waals surface area contributed by atoms with Crippen molar-refractivity contribution in [2.24, 2.45) is 10.7 Å². The zero-order chi connectivity index (χ0) is 15.1. The minimum atomic E-state index is 0.313. The van der Waals surface area contributed by atoms with Crippen molar-refractivity contribution < 1.29 is 9.47 Å². The molecule has 0 atom stereocenters. The van der Waals surface area contributed by atoms with E-state index in [4.69, 9.17) is 15.2 Å². The van der Waals surface area contributed by atoms with Crippen LogP contribution in [0.25, 0.3) is 0 Å². The largest absolute Gasteiger partial charge is 0.493 e. The highest BCUT2D eigenvalue weighted by atomic mass is 16.5. The molecule has 6 heteroatoms. The SMILES string of the molecule is COc1ccc(NC(N)=NCc2ccccn2)cc1OC. The van der Waals surface area contributed by atoms with Crippen LogP contribution in [0.4, 0.5) is 5.69 Å². The van der Waals surface area contributed by atoms with E-state index in [1.54, 1.807) is 32.5 Å². The number of hydrogen-bond acceptors (Lipinski definition) is 4. The van der Waals surface area contributed by atoms with Gasteiger partial charge in [-0.05, 0) is 24.3 Å². The molecule has 110 valence electrons. The summed E-state index contributed by atoms with van der Waals surface area (Å²) < 4.78 is 10.4. The number of methoxy groups -OCH3 is 2. The first-order valence-electron chi connectivity index (χ1n) is 6.42. The van der Waals surface area contributed by atoms with Gasteiger partial charge in [0.15, 0.2) is 17.5 Å². The fourth-order valence-corrected chi connectivity index (χ4v) is 1.76. The summed E-state index contributed by atoms with van der Waals surface area (Å²) >= 11 is 0. The summed E-state index contributed by atoms with van der Waals surface area (Å²) in [5.41, 5.74) is 7.48. The highest BCUT2D eigenvalue weighted by Gasteiger charge is 2.05. The molecule has 0 aliphatic heterocycles. The van der Waals surface area contributed by atoms with Gasteiger partial charge in [0.1, 0.15) is 0 Å². The molecule has 1 heterocycles. The number of hydrogen-bond donors (Lipinski definition) is 2. The number of benzene rings is 1. The molecule has 0 aliphatic carbocycles. The zero-order valence-electron chi connectivity index (χ0n) is 12.0. The molecule has 0 radical (unpaired) electrons. The predicted octanol–water partition coefficient (Wildman–Crippen LogP) is 2.03. The van der Waals surface area contributed by atoms with E-state index in [2.05, 4.69) is 15.3 Å². The molecule has 0 unspecified atom stereocenters. The van der Waals surface area contributed by atoms with Crippen LogP contribution in [0.1, 0.15) is 5.69 Å². The molecule has 0 amide bonds. The van der Waals surface area contributed by atoms with Gasteiger partial charge in [0.05, 0.1) is 26.5 Å². The third-order valence-electron chi connectivity index (χ3n) is 2.79. The average molecular weight is 286 g/mol. The topological polar surface area (TPSA) is 81.8 Å². The van der Waals surface area contributed by atoms with Crippen LogP contribution >= 0.6 is 0 Å². The van der Waals surface area contributed by atoms with E-state index < -0.39 is 0 Å². The van der Waals surface area contributed by atoms with Crippen LogP contribution in [0.3, 0.4) is 0 Å². The first-order valence-corrected chi connectivity index (χ1v) is 6.42. The molecule has 1 aromatic heterocycles. The Balaban J connectivity index is 2.03. The number of guanidine groups is 1. The summed E-state index contributed by atoms with van der Waals surface area (Å²) in [6.45, 7) is 0.424. The molecule has 2 rings (SSSR count). The van der Waals surface area contributed by atoms with E-state index in [1.807, 2.05) is 24.3 Å². The van der Waals surface area contributed by atoms with E-state index in [1.165, 1.54) is 0 Å². The Labute approximate surface area is 123 Å². The number of nitrogens with zero attached hydrogens (tertiary/aromatic N) is 2. The molecular formula is C15H18N4O2. The average Bonchev–Trinajstić information content (AvgIpc) is 2.53. The molecule has 0 saturated heterocycles. The first-order chi connectivity index (χ1) is 10.2. The third kappa shape index (κ3) is 4.10. The summed E-state index contributed by atoms with van der Waals surface area (Å²) in [7, 11) is 3.17. The monoisotopic (exact) mass is 286 g/mol. The van der Waals surface area contributed by atoms with Gasteiger partial charge in [-0.3, -0.25) is 4.98 Å². The lowest BCUT2D eigenvalue weighted by Crippen LogP contribution is -2.22. The number of aromatic nitrogens is 1. The summed E-state index contributed by atoms with van der Waals surface area (Å²) in [5.74, 6) is 1.60. The number of aliphatic imine (C=N–C) groups is 1. The predicted molar refractivity (Wildman–Crippen MR) is 82.7 cm³/mol. The minimum Gasteiger partial charge on any atom is -0.493 e. The van der Waals surface area contributed by atoms with Gasteiger partial charge in [0.2, 0.25) is 0 Å². The van der Waals surface area contributed by atoms with E-state index in [-0.39, 0.29) is 0 Å². The fraction of sp³-hybridized carbons (Fsp3) is 0.200. The highest BCUT2D eigenvalue weighted by Crippen LogP contribution is 2.29. The van der Waals surface area contributed by atoms with Crippen molar-refractivity contribution in [2.75, 3.05) is 19.5 Å². The van der Waals surface area contributed by atoms with E-state index in [0.717, 1.165) is 11.4 Å². The first kappa shape index (κ1) is 14.6. The van der Waals surface area contributed by atoms with Gasteiger partial charge in [0, 0.05) is 18.0 Å². The summed E-state index contributed by atoms with van der Waals surface area (Å²) in [4.78, 5) is 8.42. The van der Waals surface area contributed by atoms with E-state index in [9.17, 15) is 0 Å². The molecule has 3 N–H and O–H groups in total. The van der Waals surface area contributed by atoms with E-state index in [0.29, 0.717) is 24.0 Å². The third-order valence-corrected chi connectivity index (χ3v) is 2.79. The number of anilines is 1. The quantitative estimate of drug-likeness (QED) is 0.649. The molecular weight excluding hydrogens is 268 g/mol. The zero-order valence-corrected chi connectivity index (χ0v) is 12.0. The van der Waals surface area contributed by atoms with Crippen molar-refractivity contribution in [3.8, 4) is 11.5 Å². The lowest BCUT2D eigenvalue weighted by Gasteiger charge is -2.10. The summed E-state index contributed by atoms with van der Waals surface area (Å²) in [5, 5.41) is 3.00. The number of rotatable bonds is 5. The second-order valence-corrected chi connectivity index (χ2v) is 4.22. The Bertz CT molecular complexity index is 614. The number of nitrogens with two attached hydrogens (primary N) is 1. The lowest BCUT2D eigenvalue weighted by atomic mass is 10.3. The Hall–Kier alpha value is -2.76. The second kappa shape index (κ2) is 7.14. The summed E-state index contributed by atoms with van der Waals surface area (Å²) in [6, 6.07) is 11.1. The maximum Gasteiger partial charge on any atom is 0.193 e. The van der Waals surface area contributed by atoms with Crippen LogP contribution in [-0.4, -0.2) is 25.2 Å². The van der Waals surface area contributed by atoms with Gasteiger partial charge in [-0.25, -0.2) is 4.99 Å². The summed E-state index contributed by atoms with van der Waals surface area (Å²) in [6.07, 6.45) is 1.73. The number of nitrogens with one attached hydrogen (secondary N) is 1. The molecule has 0 saturated carbocycles. The van der Waals surface area contributed by atoms with Crippen molar-refractivity contribution in [1.29, 1.82) is 0 Å². The van der Waals surface area contributed by atoms with Gasteiger partial charge in [-0.2, -0.15) is 0 Å². The van der Waals surface area contributed by atoms with Gasteiger partial charge in [-0.15, -0.1) is 0 Å². The Morgan fingerprint density at radius 3 is 2.67 bits per heavy atom. The van der Waals surface area contributed by atoms with Gasteiger partial charge < -0.3 is 20.5 Å². The maximum absolute atomic E-state index is 5.85. The Kier molecular flexibility index (Phi) is 4.98. The van der Waals surface area contributed by atoms with Gasteiger partial charge in [-0.1, -0.05) is 6.07 Å². The van der Waals surface area contributed by atoms with Crippen LogP contribution in [0.15, 0.2) is 47.6 Å². The normalized spacial score (nSPS) is 11.0. The van der Waals surface area contributed by atoms with Crippen molar-refractivity contribution in [2.45, 2.75) is 6.54 Å². The van der Waals surface area contributed by atoms with Crippen LogP contribution in [0, 0.1) is 0 Å². The van der Waals surface area contributed by atoms with E-state index >= 15 is 0 Å². The standard InChI is InChI=1S/C15H18N4O2/c1-20-13-7-6-11(9-14(13)21-2)19-15(16)18-10-12-5-3-4-8-17-12/h3-9H,10H2,1-2H3,(H3,16,18,19). The van der Waals surface area contributed by atoms with Crippen molar-refractivity contribution in [1.82, 2.24) is 4.98 Å². The number of pyridine rings is 1. The number of ether oxygens (including phenoxy) is 2. The molecule has 0 fully saturated rings. The molecule has 0 spiro atoms. The van der Waals surface area contributed by atoms with Crippen molar-refractivity contribution in [3.05, 3.63) is 48.3 Å². The molecule has 1 aromatic carbocycles. The van der Waals surface area contributed by atoms with Crippen molar-refractivity contribution >= 4 is 11.6 Å².